The number of thiazole rings is 1. The highest BCUT2D eigenvalue weighted by atomic mass is 32.2. The normalized spacial score (nSPS) is 11.4. The smallest absolute Gasteiger partial charge is 0.261 e. The topological polar surface area (TPSA) is 101 Å². The molecule has 0 saturated carbocycles. The fourth-order valence-corrected chi connectivity index (χ4v) is 5.21. The Labute approximate surface area is 190 Å². The molecule has 7 nitrogen and oxygen atoms in total. The summed E-state index contributed by atoms with van der Waals surface area (Å²) in [6, 6.07) is 15.4. The molecule has 0 atom stereocenters. The predicted molar refractivity (Wildman–Crippen MR) is 128 cm³/mol. The van der Waals surface area contributed by atoms with Crippen molar-refractivity contribution in [2.45, 2.75) is 31.6 Å². The minimum absolute atomic E-state index is 0.0964. The van der Waals surface area contributed by atoms with Crippen molar-refractivity contribution in [2.75, 3.05) is 10.0 Å². The summed E-state index contributed by atoms with van der Waals surface area (Å²) in [5.74, 6) is -0.0964. The molecule has 2 heterocycles. The van der Waals surface area contributed by atoms with Crippen molar-refractivity contribution in [1.29, 1.82) is 0 Å². The van der Waals surface area contributed by atoms with Gasteiger partial charge in [-0.25, -0.2) is 18.4 Å². The average Bonchev–Trinajstić information content (AvgIpc) is 3.20. The van der Waals surface area contributed by atoms with Gasteiger partial charge in [-0.15, -0.1) is 0 Å². The Morgan fingerprint density at radius 3 is 2.56 bits per heavy atom. The predicted octanol–water partition coefficient (Wildman–Crippen LogP) is 5.21. The minimum atomic E-state index is -3.78. The third-order valence-corrected chi connectivity index (χ3v) is 7.22. The summed E-state index contributed by atoms with van der Waals surface area (Å²) in [5.41, 5.74) is 3.58. The first-order chi connectivity index (χ1) is 15.4. The maximum Gasteiger partial charge on any atom is 0.261 e. The number of nitrogens with one attached hydrogen (secondary N) is 2. The molecule has 0 aliphatic heterocycles. The van der Waals surface area contributed by atoms with E-state index < -0.39 is 10.0 Å². The molecule has 0 spiro atoms. The van der Waals surface area contributed by atoms with E-state index in [2.05, 4.69) is 20.0 Å². The van der Waals surface area contributed by atoms with Crippen LogP contribution in [-0.4, -0.2) is 24.3 Å². The van der Waals surface area contributed by atoms with E-state index in [9.17, 15) is 13.2 Å². The summed E-state index contributed by atoms with van der Waals surface area (Å²) >= 11 is 1.49. The van der Waals surface area contributed by atoms with E-state index in [0.29, 0.717) is 17.8 Å². The van der Waals surface area contributed by atoms with Crippen LogP contribution in [0.4, 0.5) is 11.4 Å². The number of anilines is 2. The molecule has 0 aliphatic rings. The minimum Gasteiger partial charge on any atom is -0.326 e. The SMILES string of the molecule is CCCC(=O)Nc1ccc(S(=O)(=O)Nc2ccc(-c3nc4cccnc4s3)cc2C)cc1. The van der Waals surface area contributed by atoms with Crippen molar-refractivity contribution in [3.05, 3.63) is 66.4 Å². The summed E-state index contributed by atoms with van der Waals surface area (Å²) in [7, 11) is -3.78. The Kier molecular flexibility index (Phi) is 6.20. The Hall–Kier alpha value is -3.30. The summed E-state index contributed by atoms with van der Waals surface area (Å²) in [6.07, 6.45) is 2.90. The van der Waals surface area contributed by atoms with Crippen molar-refractivity contribution in [1.82, 2.24) is 9.97 Å². The zero-order chi connectivity index (χ0) is 22.7. The van der Waals surface area contributed by atoms with Gasteiger partial charge in [-0.3, -0.25) is 9.52 Å². The highest BCUT2D eigenvalue weighted by Gasteiger charge is 2.16. The molecule has 0 bridgehead atoms. The molecule has 1 amide bonds. The van der Waals surface area contributed by atoms with Crippen molar-refractivity contribution < 1.29 is 13.2 Å². The van der Waals surface area contributed by atoms with E-state index in [1.165, 1.54) is 23.5 Å². The number of hydrogen-bond acceptors (Lipinski definition) is 6. The molecule has 0 saturated heterocycles. The third kappa shape index (κ3) is 4.79. The molecule has 32 heavy (non-hydrogen) atoms. The van der Waals surface area contributed by atoms with E-state index in [-0.39, 0.29) is 10.8 Å². The number of aromatic nitrogens is 2. The Morgan fingerprint density at radius 1 is 1.09 bits per heavy atom. The highest BCUT2D eigenvalue weighted by Crippen LogP contribution is 2.31. The molecule has 0 radical (unpaired) electrons. The zero-order valence-electron chi connectivity index (χ0n) is 17.6. The molecular weight excluding hydrogens is 444 g/mol. The average molecular weight is 467 g/mol. The first-order valence-electron chi connectivity index (χ1n) is 10.1. The van der Waals surface area contributed by atoms with E-state index in [1.54, 1.807) is 24.4 Å². The second-order valence-corrected chi connectivity index (χ2v) is 9.96. The van der Waals surface area contributed by atoms with Crippen LogP contribution in [0, 0.1) is 6.92 Å². The van der Waals surface area contributed by atoms with Crippen molar-refractivity contribution in [3.8, 4) is 10.6 Å². The van der Waals surface area contributed by atoms with Gasteiger partial charge in [0.15, 0.2) is 0 Å². The standard InChI is InChI=1S/C23H22N4O3S2/c1-3-5-21(28)25-17-8-10-18(11-9-17)32(29,30)27-19-12-7-16(14-15(19)2)22-26-20-6-4-13-24-23(20)31-22/h4,6-14,27H,3,5H2,1-2H3,(H,25,28). The number of aryl methyl sites for hydroxylation is 1. The van der Waals surface area contributed by atoms with Crippen molar-refractivity contribution >= 4 is 49.0 Å². The number of carbonyl (C=O) groups is 1. The third-order valence-electron chi connectivity index (χ3n) is 4.81. The molecule has 0 aliphatic carbocycles. The van der Waals surface area contributed by atoms with Gasteiger partial charge in [0.2, 0.25) is 5.91 Å². The van der Waals surface area contributed by atoms with Gasteiger partial charge in [-0.2, -0.15) is 0 Å². The lowest BCUT2D eigenvalue weighted by atomic mass is 10.1. The van der Waals surface area contributed by atoms with Crippen LogP contribution in [-0.2, 0) is 14.8 Å². The van der Waals surface area contributed by atoms with Crippen LogP contribution in [0.15, 0.2) is 65.7 Å². The van der Waals surface area contributed by atoms with Crippen LogP contribution in [0.2, 0.25) is 0 Å². The van der Waals surface area contributed by atoms with Crippen LogP contribution in [0.5, 0.6) is 0 Å². The van der Waals surface area contributed by atoms with Crippen LogP contribution >= 0.6 is 11.3 Å². The van der Waals surface area contributed by atoms with Crippen LogP contribution in [0.1, 0.15) is 25.3 Å². The molecule has 2 aromatic carbocycles. The molecule has 0 fully saturated rings. The van der Waals surface area contributed by atoms with Gasteiger partial charge in [-0.1, -0.05) is 18.3 Å². The van der Waals surface area contributed by atoms with Gasteiger partial charge >= 0.3 is 0 Å². The molecule has 2 aromatic heterocycles. The lowest BCUT2D eigenvalue weighted by Gasteiger charge is -2.12. The summed E-state index contributed by atoms with van der Waals surface area (Å²) in [5, 5.41) is 3.58. The molecule has 2 N–H and O–H groups in total. The largest absolute Gasteiger partial charge is 0.326 e. The molecule has 164 valence electrons. The number of nitrogens with zero attached hydrogens (tertiary/aromatic N) is 2. The number of rotatable bonds is 7. The van der Waals surface area contributed by atoms with Gasteiger partial charge in [0.1, 0.15) is 15.4 Å². The van der Waals surface area contributed by atoms with Crippen molar-refractivity contribution in [2.24, 2.45) is 0 Å². The highest BCUT2D eigenvalue weighted by molar-refractivity contribution is 7.92. The summed E-state index contributed by atoms with van der Waals surface area (Å²) in [6.45, 7) is 3.77. The number of sulfonamides is 1. The Balaban J connectivity index is 1.52. The van der Waals surface area contributed by atoms with Crippen LogP contribution < -0.4 is 10.0 Å². The zero-order valence-corrected chi connectivity index (χ0v) is 19.3. The molecule has 4 aromatic rings. The van der Waals surface area contributed by atoms with E-state index in [1.807, 2.05) is 38.1 Å². The molecule has 0 unspecified atom stereocenters. The van der Waals surface area contributed by atoms with Gasteiger partial charge in [0.25, 0.3) is 10.0 Å². The number of benzene rings is 2. The number of amides is 1. The lowest BCUT2D eigenvalue weighted by molar-refractivity contribution is -0.116. The summed E-state index contributed by atoms with van der Waals surface area (Å²) < 4.78 is 28.3. The number of fused-ring (bicyclic) bond motifs is 1. The van der Waals surface area contributed by atoms with E-state index in [4.69, 9.17) is 0 Å². The van der Waals surface area contributed by atoms with Gasteiger partial charge in [0.05, 0.1) is 10.6 Å². The van der Waals surface area contributed by atoms with Gasteiger partial charge in [0, 0.05) is 23.9 Å². The second kappa shape index (κ2) is 9.05. The second-order valence-electron chi connectivity index (χ2n) is 7.30. The number of hydrogen-bond donors (Lipinski definition) is 2. The van der Waals surface area contributed by atoms with Gasteiger partial charge < -0.3 is 5.32 Å². The number of carbonyl (C=O) groups excluding carboxylic acids is 1. The fourth-order valence-electron chi connectivity index (χ4n) is 3.18. The lowest BCUT2D eigenvalue weighted by Crippen LogP contribution is -2.14. The maximum atomic E-state index is 12.8. The monoisotopic (exact) mass is 466 g/mol. The maximum absolute atomic E-state index is 12.8. The van der Waals surface area contributed by atoms with Crippen LogP contribution in [0.25, 0.3) is 20.9 Å². The van der Waals surface area contributed by atoms with Crippen molar-refractivity contribution in [3.63, 3.8) is 0 Å². The number of pyridine rings is 1. The van der Waals surface area contributed by atoms with Crippen LogP contribution in [0.3, 0.4) is 0 Å². The van der Waals surface area contributed by atoms with Gasteiger partial charge in [-0.05, 0) is 73.5 Å². The first kappa shape index (κ1) is 21.9. The quantitative estimate of drug-likeness (QED) is 0.390. The molecule has 4 rings (SSSR count). The Bertz CT molecular complexity index is 1350. The Morgan fingerprint density at radius 2 is 1.88 bits per heavy atom. The fraction of sp³-hybridized carbons (Fsp3) is 0.174. The molecule has 9 heteroatoms. The summed E-state index contributed by atoms with van der Waals surface area (Å²) in [4.78, 5) is 21.6. The first-order valence-corrected chi connectivity index (χ1v) is 12.4. The molecular formula is C23H22N4O3S2. The van der Waals surface area contributed by atoms with E-state index in [0.717, 1.165) is 32.9 Å². The van der Waals surface area contributed by atoms with E-state index >= 15 is 0 Å².